The first-order valence-electron chi connectivity index (χ1n) is 7.77. The van der Waals surface area contributed by atoms with Gasteiger partial charge in [0.05, 0.1) is 5.92 Å². The Morgan fingerprint density at radius 3 is 2.57 bits per heavy atom. The summed E-state index contributed by atoms with van der Waals surface area (Å²) in [6, 6.07) is -0.156. The molecule has 2 bridgehead atoms. The number of hydrogen-bond donors (Lipinski definition) is 2. The molecule has 0 aliphatic heterocycles. The third-order valence-corrected chi connectivity index (χ3v) is 5.28. The molecular formula is C15H16ClN5O2. The Hall–Kier alpha value is -2.02. The van der Waals surface area contributed by atoms with Crippen molar-refractivity contribution < 1.29 is 9.90 Å². The highest BCUT2D eigenvalue weighted by atomic mass is 35.5. The van der Waals surface area contributed by atoms with Crippen LogP contribution in [0.3, 0.4) is 0 Å². The number of carboxylic acid groups (broad SMARTS) is 1. The summed E-state index contributed by atoms with van der Waals surface area (Å²) in [5, 5.41) is 13.0. The third-order valence-electron chi connectivity index (χ3n) is 5.11. The molecule has 3 saturated carbocycles. The van der Waals surface area contributed by atoms with Crippen molar-refractivity contribution in [3.8, 4) is 0 Å². The summed E-state index contributed by atoms with van der Waals surface area (Å²) in [5.74, 6) is -0.112. The Bertz CT molecular complexity index is 763. The van der Waals surface area contributed by atoms with E-state index in [1.165, 1.54) is 6.20 Å². The third kappa shape index (κ3) is 2.49. The van der Waals surface area contributed by atoms with Crippen LogP contribution >= 0.6 is 11.6 Å². The van der Waals surface area contributed by atoms with E-state index in [1.54, 1.807) is 6.20 Å². The average Bonchev–Trinajstić information content (AvgIpc) is 2.55. The highest BCUT2D eigenvalue weighted by molar-refractivity contribution is 6.28. The van der Waals surface area contributed by atoms with Crippen LogP contribution in [0.2, 0.25) is 5.28 Å². The average molecular weight is 334 g/mol. The van der Waals surface area contributed by atoms with E-state index in [4.69, 9.17) is 11.6 Å². The van der Waals surface area contributed by atoms with Crippen molar-refractivity contribution >= 4 is 34.6 Å². The Morgan fingerprint density at radius 1 is 1.13 bits per heavy atom. The van der Waals surface area contributed by atoms with Gasteiger partial charge in [-0.2, -0.15) is 9.97 Å². The number of anilines is 1. The molecule has 3 fully saturated rings. The van der Waals surface area contributed by atoms with Gasteiger partial charge in [-0.15, -0.1) is 0 Å². The van der Waals surface area contributed by atoms with Crippen molar-refractivity contribution in [2.45, 2.75) is 31.7 Å². The van der Waals surface area contributed by atoms with Crippen LogP contribution in [0, 0.1) is 17.8 Å². The maximum atomic E-state index is 11.7. The summed E-state index contributed by atoms with van der Waals surface area (Å²) in [7, 11) is 0. The topological polar surface area (TPSA) is 101 Å². The highest BCUT2D eigenvalue weighted by Gasteiger charge is 2.47. The lowest BCUT2D eigenvalue weighted by Gasteiger charge is -2.47. The molecule has 2 aromatic rings. The first-order chi connectivity index (χ1) is 11.1. The van der Waals surface area contributed by atoms with Gasteiger partial charge in [-0.25, -0.2) is 9.97 Å². The maximum Gasteiger partial charge on any atom is 0.308 e. The van der Waals surface area contributed by atoms with Crippen molar-refractivity contribution in [1.82, 2.24) is 19.9 Å². The fraction of sp³-hybridized carbons (Fsp3) is 0.533. The lowest BCUT2D eigenvalue weighted by molar-refractivity contribution is -0.148. The molecule has 2 atom stereocenters. The lowest BCUT2D eigenvalue weighted by Crippen LogP contribution is -2.51. The molecule has 2 aromatic heterocycles. The van der Waals surface area contributed by atoms with Crippen LogP contribution in [-0.2, 0) is 4.79 Å². The van der Waals surface area contributed by atoms with Gasteiger partial charge in [0.1, 0.15) is 0 Å². The number of halogens is 1. The zero-order valence-corrected chi connectivity index (χ0v) is 13.1. The molecule has 7 nitrogen and oxygen atoms in total. The summed E-state index contributed by atoms with van der Waals surface area (Å²) < 4.78 is 0. The lowest BCUT2D eigenvalue weighted by atomic mass is 9.61. The number of aliphatic carboxylic acids is 1. The fourth-order valence-electron chi connectivity index (χ4n) is 4.11. The van der Waals surface area contributed by atoms with Crippen LogP contribution in [0.1, 0.15) is 25.7 Å². The van der Waals surface area contributed by atoms with Crippen molar-refractivity contribution in [1.29, 1.82) is 0 Å². The molecule has 0 saturated heterocycles. The van der Waals surface area contributed by atoms with E-state index in [0.717, 1.165) is 25.7 Å². The van der Waals surface area contributed by atoms with Gasteiger partial charge in [0.2, 0.25) is 5.28 Å². The Labute approximate surface area is 137 Å². The highest BCUT2D eigenvalue weighted by Crippen LogP contribution is 2.46. The van der Waals surface area contributed by atoms with Gasteiger partial charge in [-0.05, 0) is 49.1 Å². The van der Waals surface area contributed by atoms with Crippen LogP contribution < -0.4 is 5.32 Å². The van der Waals surface area contributed by atoms with Crippen molar-refractivity contribution in [3.05, 3.63) is 17.7 Å². The van der Waals surface area contributed by atoms with E-state index in [9.17, 15) is 9.90 Å². The quantitative estimate of drug-likeness (QED) is 0.831. The second-order valence-corrected chi connectivity index (χ2v) is 6.62. The maximum absolute atomic E-state index is 11.7. The molecule has 3 aliphatic rings. The van der Waals surface area contributed by atoms with Gasteiger partial charge in [0.25, 0.3) is 0 Å². The number of rotatable bonds is 3. The standard InChI is InChI=1S/C15H16ClN5O2/c16-15-20-12-11(17-5-6-18-12)13(21-15)19-10-8-3-1-7(2-4-8)9(10)14(22)23/h5-10H,1-4H2,(H,22,23)(H,18,19,20,21). The molecule has 2 N–H and O–H groups in total. The van der Waals surface area contributed by atoms with Gasteiger partial charge in [-0.1, -0.05) is 0 Å². The number of nitrogens with one attached hydrogen (secondary N) is 1. The number of aromatic nitrogens is 4. The van der Waals surface area contributed by atoms with Crippen LogP contribution in [0.25, 0.3) is 11.2 Å². The first-order valence-corrected chi connectivity index (χ1v) is 8.15. The van der Waals surface area contributed by atoms with E-state index in [0.29, 0.717) is 22.9 Å². The normalized spacial score (nSPS) is 29.6. The molecule has 23 heavy (non-hydrogen) atoms. The number of carbonyl (C=O) groups is 1. The number of fused-ring (bicyclic) bond motifs is 4. The Kier molecular flexibility index (Phi) is 3.52. The smallest absolute Gasteiger partial charge is 0.308 e. The molecule has 0 aromatic carbocycles. The molecule has 2 heterocycles. The molecule has 8 heteroatoms. The van der Waals surface area contributed by atoms with Crippen molar-refractivity contribution in [3.63, 3.8) is 0 Å². The monoisotopic (exact) mass is 333 g/mol. The number of carboxylic acids is 1. The van der Waals surface area contributed by atoms with Crippen LogP contribution in [-0.4, -0.2) is 37.1 Å². The minimum Gasteiger partial charge on any atom is -0.481 e. The van der Waals surface area contributed by atoms with Crippen molar-refractivity contribution in [2.24, 2.45) is 17.8 Å². The minimum absolute atomic E-state index is 0.0772. The van der Waals surface area contributed by atoms with E-state index in [-0.39, 0.29) is 17.2 Å². The number of nitrogens with zero attached hydrogens (tertiary/aromatic N) is 4. The fourth-order valence-corrected chi connectivity index (χ4v) is 4.27. The van der Waals surface area contributed by atoms with Crippen molar-refractivity contribution in [2.75, 3.05) is 5.32 Å². The van der Waals surface area contributed by atoms with Gasteiger partial charge in [-0.3, -0.25) is 4.79 Å². The molecule has 0 spiro atoms. The summed E-state index contributed by atoms with van der Waals surface area (Å²) in [6.45, 7) is 0. The summed E-state index contributed by atoms with van der Waals surface area (Å²) in [4.78, 5) is 28.4. The second kappa shape index (κ2) is 5.56. The molecule has 2 unspecified atom stereocenters. The number of hydrogen-bond acceptors (Lipinski definition) is 6. The summed E-state index contributed by atoms with van der Waals surface area (Å²) in [5.41, 5.74) is 0.922. The Balaban J connectivity index is 1.73. The predicted octanol–water partition coefficient (Wildman–Crippen LogP) is 2.37. The van der Waals surface area contributed by atoms with E-state index in [2.05, 4.69) is 25.3 Å². The minimum atomic E-state index is -0.743. The summed E-state index contributed by atoms with van der Waals surface area (Å²) >= 11 is 5.97. The van der Waals surface area contributed by atoms with Crippen LogP contribution in [0.4, 0.5) is 5.82 Å². The van der Waals surface area contributed by atoms with E-state index >= 15 is 0 Å². The second-order valence-electron chi connectivity index (χ2n) is 6.28. The van der Waals surface area contributed by atoms with Crippen LogP contribution in [0.15, 0.2) is 12.4 Å². The zero-order chi connectivity index (χ0) is 16.0. The van der Waals surface area contributed by atoms with Crippen LogP contribution in [0.5, 0.6) is 0 Å². The Morgan fingerprint density at radius 2 is 1.83 bits per heavy atom. The molecule has 5 rings (SSSR count). The molecule has 0 radical (unpaired) electrons. The van der Waals surface area contributed by atoms with Gasteiger partial charge in [0, 0.05) is 18.4 Å². The molecule has 0 amide bonds. The first kappa shape index (κ1) is 14.6. The van der Waals surface area contributed by atoms with E-state index in [1.807, 2.05) is 0 Å². The molecule has 3 aliphatic carbocycles. The van der Waals surface area contributed by atoms with Gasteiger partial charge >= 0.3 is 5.97 Å². The SMILES string of the molecule is O=C(O)C1C2CCC(CC2)C1Nc1nc(Cl)nc2nccnc12. The van der Waals surface area contributed by atoms with Gasteiger partial charge in [0.15, 0.2) is 17.0 Å². The molecule has 120 valence electrons. The largest absolute Gasteiger partial charge is 0.481 e. The summed E-state index contributed by atoms with van der Waals surface area (Å²) in [6.07, 6.45) is 7.18. The van der Waals surface area contributed by atoms with E-state index < -0.39 is 11.9 Å². The molecular weight excluding hydrogens is 318 g/mol. The zero-order valence-electron chi connectivity index (χ0n) is 12.3. The van der Waals surface area contributed by atoms with Gasteiger partial charge < -0.3 is 10.4 Å². The predicted molar refractivity (Wildman–Crippen MR) is 84.1 cm³/mol.